The summed E-state index contributed by atoms with van der Waals surface area (Å²) in [6, 6.07) is 7.30. The molecule has 0 radical (unpaired) electrons. The van der Waals surface area contributed by atoms with Crippen LogP contribution in [0.4, 0.5) is 0 Å². The molecular weight excluding hydrogens is 254 g/mol. The Hall–Kier alpha value is -1.55. The lowest BCUT2D eigenvalue weighted by Crippen LogP contribution is -2.40. The Labute approximate surface area is 120 Å². The zero-order chi connectivity index (χ0) is 14.6. The van der Waals surface area contributed by atoms with E-state index in [-0.39, 0.29) is 11.3 Å². The monoisotopic (exact) mass is 277 g/mol. The van der Waals surface area contributed by atoms with Gasteiger partial charge in [0.1, 0.15) is 5.75 Å². The fourth-order valence-corrected chi connectivity index (χ4v) is 2.64. The van der Waals surface area contributed by atoms with Gasteiger partial charge in [-0.3, -0.25) is 4.79 Å². The second-order valence-electron chi connectivity index (χ2n) is 5.82. The molecule has 0 unspecified atom stereocenters. The van der Waals surface area contributed by atoms with Crippen LogP contribution in [0.2, 0.25) is 0 Å². The van der Waals surface area contributed by atoms with Gasteiger partial charge in [-0.1, -0.05) is 13.0 Å². The summed E-state index contributed by atoms with van der Waals surface area (Å²) in [6.07, 6.45) is 2.01. The lowest BCUT2D eigenvalue weighted by molar-refractivity contribution is 0.00916. The Morgan fingerprint density at radius 1 is 1.40 bits per heavy atom. The lowest BCUT2D eigenvalue weighted by atomic mass is 9.82. The van der Waals surface area contributed by atoms with E-state index < -0.39 is 0 Å². The number of hydrogen-bond donors (Lipinski definition) is 0. The zero-order valence-corrected chi connectivity index (χ0v) is 12.5. The smallest absolute Gasteiger partial charge is 0.253 e. The highest BCUT2D eigenvalue weighted by atomic mass is 16.5. The molecule has 1 amide bonds. The molecule has 1 heterocycles. The first-order valence-electron chi connectivity index (χ1n) is 7.01. The van der Waals surface area contributed by atoms with Crippen molar-refractivity contribution < 1.29 is 14.3 Å². The van der Waals surface area contributed by atoms with Crippen LogP contribution in [-0.2, 0) is 4.74 Å². The van der Waals surface area contributed by atoms with Gasteiger partial charge in [0.2, 0.25) is 0 Å². The third-order valence-corrected chi connectivity index (χ3v) is 3.98. The van der Waals surface area contributed by atoms with E-state index in [1.165, 1.54) is 0 Å². The fraction of sp³-hybridized carbons (Fsp3) is 0.562. The normalized spacial score (nSPS) is 17.6. The first-order valence-corrected chi connectivity index (χ1v) is 7.01. The molecule has 0 atom stereocenters. The molecule has 1 aliphatic rings. The van der Waals surface area contributed by atoms with Crippen LogP contribution in [-0.4, -0.2) is 44.7 Å². The number of amides is 1. The van der Waals surface area contributed by atoms with Gasteiger partial charge in [-0.25, -0.2) is 0 Å². The number of hydrogen-bond acceptors (Lipinski definition) is 3. The van der Waals surface area contributed by atoms with E-state index in [1.807, 2.05) is 25.2 Å². The van der Waals surface area contributed by atoms with Crippen molar-refractivity contribution in [3.05, 3.63) is 29.8 Å². The van der Waals surface area contributed by atoms with Crippen LogP contribution in [0, 0.1) is 5.41 Å². The molecule has 1 fully saturated rings. The number of carbonyl (C=O) groups excluding carboxylic acids is 1. The maximum atomic E-state index is 12.5. The molecule has 20 heavy (non-hydrogen) atoms. The molecule has 4 heteroatoms. The summed E-state index contributed by atoms with van der Waals surface area (Å²) in [5.41, 5.74) is 0.823. The Morgan fingerprint density at radius 3 is 2.75 bits per heavy atom. The molecule has 0 aliphatic carbocycles. The van der Waals surface area contributed by atoms with Crippen LogP contribution in [0.25, 0.3) is 0 Å². The van der Waals surface area contributed by atoms with Crippen molar-refractivity contribution in [1.82, 2.24) is 4.90 Å². The van der Waals surface area contributed by atoms with Crippen LogP contribution in [0.1, 0.15) is 30.1 Å². The number of ether oxygens (including phenoxy) is 2. The molecule has 1 aliphatic heterocycles. The number of rotatable bonds is 4. The SMILES string of the molecule is COc1cccc(C(=O)N(C)CC2(C)CCOCC2)c1. The summed E-state index contributed by atoms with van der Waals surface area (Å²) in [6.45, 7) is 4.56. The summed E-state index contributed by atoms with van der Waals surface area (Å²) in [4.78, 5) is 14.3. The Bertz CT molecular complexity index is 467. The van der Waals surface area contributed by atoms with Crippen molar-refractivity contribution >= 4 is 5.91 Å². The van der Waals surface area contributed by atoms with Gasteiger partial charge >= 0.3 is 0 Å². The number of benzene rings is 1. The first-order chi connectivity index (χ1) is 9.54. The van der Waals surface area contributed by atoms with E-state index in [2.05, 4.69) is 6.92 Å². The van der Waals surface area contributed by atoms with E-state index in [4.69, 9.17) is 9.47 Å². The van der Waals surface area contributed by atoms with E-state index >= 15 is 0 Å². The molecule has 0 spiro atoms. The zero-order valence-electron chi connectivity index (χ0n) is 12.5. The second kappa shape index (κ2) is 6.27. The van der Waals surface area contributed by atoms with Crippen LogP contribution >= 0.6 is 0 Å². The standard InChI is InChI=1S/C16H23NO3/c1-16(7-9-20-10-8-16)12-17(2)15(18)13-5-4-6-14(11-13)19-3/h4-6,11H,7-10,12H2,1-3H3. The van der Waals surface area contributed by atoms with Gasteiger partial charge in [0.15, 0.2) is 0 Å². The lowest BCUT2D eigenvalue weighted by Gasteiger charge is -2.36. The molecule has 1 aromatic carbocycles. The van der Waals surface area contributed by atoms with Crippen LogP contribution in [0.15, 0.2) is 24.3 Å². The molecule has 2 rings (SSSR count). The summed E-state index contributed by atoms with van der Waals surface area (Å²) < 4.78 is 10.6. The second-order valence-corrected chi connectivity index (χ2v) is 5.82. The van der Waals surface area contributed by atoms with Gasteiger partial charge in [0, 0.05) is 32.4 Å². The average Bonchev–Trinajstić information content (AvgIpc) is 2.46. The molecule has 0 bridgehead atoms. The molecule has 0 aromatic heterocycles. The van der Waals surface area contributed by atoms with E-state index in [0.29, 0.717) is 11.3 Å². The maximum Gasteiger partial charge on any atom is 0.253 e. The molecule has 110 valence electrons. The topological polar surface area (TPSA) is 38.8 Å². The van der Waals surface area contributed by atoms with Gasteiger partial charge in [-0.2, -0.15) is 0 Å². The van der Waals surface area contributed by atoms with Crippen molar-refractivity contribution in [3.8, 4) is 5.75 Å². The average molecular weight is 277 g/mol. The number of carbonyl (C=O) groups is 1. The molecule has 1 saturated heterocycles. The highest BCUT2D eigenvalue weighted by Crippen LogP contribution is 2.30. The Morgan fingerprint density at radius 2 is 2.10 bits per heavy atom. The fourth-order valence-electron chi connectivity index (χ4n) is 2.64. The van der Waals surface area contributed by atoms with E-state index in [0.717, 1.165) is 32.6 Å². The van der Waals surface area contributed by atoms with Gasteiger partial charge in [-0.05, 0) is 36.5 Å². The number of nitrogens with zero attached hydrogens (tertiary/aromatic N) is 1. The number of methoxy groups -OCH3 is 1. The predicted octanol–water partition coefficient (Wildman–Crippen LogP) is 2.58. The molecular formula is C16H23NO3. The summed E-state index contributed by atoms with van der Waals surface area (Å²) >= 11 is 0. The maximum absolute atomic E-state index is 12.5. The Kier molecular flexibility index (Phi) is 4.65. The van der Waals surface area contributed by atoms with E-state index in [1.54, 1.807) is 18.1 Å². The van der Waals surface area contributed by atoms with Crippen molar-refractivity contribution in [2.45, 2.75) is 19.8 Å². The molecule has 4 nitrogen and oxygen atoms in total. The van der Waals surface area contributed by atoms with Crippen LogP contribution < -0.4 is 4.74 Å². The largest absolute Gasteiger partial charge is 0.497 e. The van der Waals surface area contributed by atoms with Crippen LogP contribution in [0.3, 0.4) is 0 Å². The molecule has 0 N–H and O–H groups in total. The highest BCUT2D eigenvalue weighted by molar-refractivity contribution is 5.94. The van der Waals surface area contributed by atoms with E-state index in [9.17, 15) is 4.79 Å². The minimum Gasteiger partial charge on any atom is -0.497 e. The minimum atomic E-state index is 0.0385. The van der Waals surface area contributed by atoms with Gasteiger partial charge < -0.3 is 14.4 Å². The summed E-state index contributed by atoms with van der Waals surface area (Å²) in [5, 5.41) is 0. The van der Waals surface area contributed by atoms with Crippen molar-refractivity contribution in [3.63, 3.8) is 0 Å². The van der Waals surface area contributed by atoms with Crippen molar-refractivity contribution in [1.29, 1.82) is 0 Å². The third kappa shape index (κ3) is 3.51. The quantitative estimate of drug-likeness (QED) is 0.849. The van der Waals surface area contributed by atoms with Gasteiger partial charge in [-0.15, -0.1) is 0 Å². The predicted molar refractivity (Wildman–Crippen MR) is 78.1 cm³/mol. The minimum absolute atomic E-state index is 0.0385. The highest BCUT2D eigenvalue weighted by Gasteiger charge is 2.30. The first kappa shape index (κ1) is 14.9. The summed E-state index contributed by atoms with van der Waals surface area (Å²) in [7, 11) is 3.47. The Balaban J connectivity index is 2.04. The molecule has 1 aromatic rings. The van der Waals surface area contributed by atoms with Crippen molar-refractivity contribution in [2.75, 3.05) is 33.9 Å². The molecule has 0 saturated carbocycles. The summed E-state index contributed by atoms with van der Waals surface area (Å²) in [5.74, 6) is 0.748. The van der Waals surface area contributed by atoms with Gasteiger partial charge in [0.05, 0.1) is 7.11 Å². The van der Waals surface area contributed by atoms with Crippen LogP contribution in [0.5, 0.6) is 5.75 Å². The third-order valence-electron chi connectivity index (χ3n) is 3.98. The van der Waals surface area contributed by atoms with Gasteiger partial charge in [0.25, 0.3) is 5.91 Å². The van der Waals surface area contributed by atoms with Crippen molar-refractivity contribution in [2.24, 2.45) is 5.41 Å².